The number of hydrogen-bond donors (Lipinski definition) is 8. The lowest BCUT2D eigenvalue weighted by atomic mass is 10.1. The van der Waals surface area contributed by atoms with Crippen molar-refractivity contribution in [3.63, 3.8) is 0 Å². The molecule has 0 saturated heterocycles. The molecule has 0 aliphatic heterocycles. The Bertz CT molecular complexity index is 696. The van der Waals surface area contributed by atoms with E-state index in [4.69, 9.17) is 21.7 Å². The van der Waals surface area contributed by atoms with Crippen LogP contribution in [0.15, 0.2) is 0 Å². The summed E-state index contributed by atoms with van der Waals surface area (Å²) in [6, 6.07) is -2.75. The summed E-state index contributed by atoms with van der Waals surface area (Å²) >= 11 is 0. The monoisotopic (exact) mass is 432 g/mol. The highest BCUT2D eigenvalue weighted by atomic mass is 16.4. The zero-order valence-corrected chi connectivity index (χ0v) is 15.8. The summed E-state index contributed by atoms with van der Waals surface area (Å²) in [6.45, 7) is -1.90. The molecule has 0 unspecified atom stereocenters. The van der Waals surface area contributed by atoms with Crippen molar-refractivity contribution >= 4 is 41.5 Å². The molecule has 0 aliphatic carbocycles. The number of carbonyl (C=O) groups is 7. The number of aliphatic carboxylic acids is 2. The summed E-state index contributed by atoms with van der Waals surface area (Å²) in [5.41, 5.74) is 10.1. The first-order valence-corrected chi connectivity index (χ1v) is 8.52. The Labute approximate surface area is 169 Å². The van der Waals surface area contributed by atoms with Crippen LogP contribution in [0.5, 0.6) is 0 Å². The molecule has 5 amide bonds. The van der Waals surface area contributed by atoms with Gasteiger partial charge in [0.15, 0.2) is 0 Å². The minimum absolute atomic E-state index is 0.267. The summed E-state index contributed by atoms with van der Waals surface area (Å²) < 4.78 is 0. The summed E-state index contributed by atoms with van der Waals surface area (Å²) in [6.07, 6.45) is -1.34. The zero-order valence-electron chi connectivity index (χ0n) is 15.8. The number of amides is 5. The molecule has 10 N–H and O–H groups in total. The maximum absolute atomic E-state index is 12.1. The number of hydrogen-bond acceptors (Lipinski definition) is 8. The van der Waals surface area contributed by atoms with Gasteiger partial charge >= 0.3 is 11.9 Å². The first kappa shape index (κ1) is 26.2. The summed E-state index contributed by atoms with van der Waals surface area (Å²) in [5.74, 6) is -7.03. The van der Waals surface area contributed by atoms with Gasteiger partial charge in [-0.05, 0) is 6.42 Å². The molecule has 0 rings (SSSR count). The number of carbonyl (C=O) groups excluding carboxylic acids is 5. The highest BCUT2D eigenvalue weighted by molar-refractivity contribution is 5.95. The van der Waals surface area contributed by atoms with Crippen molar-refractivity contribution in [3.8, 4) is 0 Å². The van der Waals surface area contributed by atoms with Crippen LogP contribution in [0.1, 0.15) is 19.3 Å². The van der Waals surface area contributed by atoms with Crippen LogP contribution in [-0.4, -0.2) is 83.4 Å². The van der Waals surface area contributed by atoms with Gasteiger partial charge in [-0.3, -0.25) is 33.6 Å². The third kappa shape index (κ3) is 11.9. The van der Waals surface area contributed by atoms with Gasteiger partial charge in [0.25, 0.3) is 0 Å². The molecule has 30 heavy (non-hydrogen) atoms. The second-order valence-corrected chi connectivity index (χ2v) is 5.88. The fourth-order valence-corrected chi connectivity index (χ4v) is 2.02. The predicted molar refractivity (Wildman–Crippen MR) is 97.3 cm³/mol. The maximum atomic E-state index is 12.1. The zero-order chi connectivity index (χ0) is 23.3. The van der Waals surface area contributed by atoms with E-state index in [1.54, 1.807) is 0 Å². The molecule has 15 heteroatoms. The Morgan fingerprint density at radius 2 is 1.30 bits per heavy atom. The van der Waals surface area contributed by atoms with Crippen LogP contribution in [-0.2, 0) is 33.6 Å². The molecule has 0 bridgehead atoms. The van der Waals surface area contributed by atoms with Crippen molar-refractivity contribution in [2.45, 2.75) is 31.3 Å². The van der Waals surface area contributed by atoms with Crippen molar-refractivity contribution in [1.29, 1.82) is 0 Å². The second-order valence-electron chi connectivity index (χ2n) is 5.88. The van der Waals surface area contributed by atoms with Crippen LogP contribution in [0, 0.1) is 0 Å². The third-order valence-electron chi connectivity index (χ3n) is 3.38. The van der Waals surface area contributed by atoms with Crippen LogP contribution >= 0.6 is 0 Å². The molecular weight excluding hydrogens is 408 g/mol. The standard InChI is InChI=1S/C15H24N6O9/c16-4-10(23)20-7(1-2-12(25)26)14(29)18-5-11(24)21-8(3-9(17)22)15(30)19-6-13(27)28/h7-8H,1-6,16H2,(H2,17,22)(H,18,29)(H,19,30)(H,20,23)(H,21,24)(H,25,26)(H,27,28)/t7-,8-/m0/s1. The molecule has 0 heterocycles. The maximum Gasteiger partial charge on any atom is 0.322 e. The number of rotatable bonds is 14. The first-order chi connectivity index (χ1) is 14.0. The number of carboxylic acids is 2. The van der Waals surface area contributed by atoms with Crippen LogP contribution in [0.2, 0.25) is 0 Å². The lowest BCUT2D eigenvalue weighted by Gasteiger charge is -2.19. The molecule has 0 aromatic rings. The van der Waals surface area contributed by atoms with Crippen LogP contribution in [0.4, 0.5) is 0 Å². The molecule has 15 nitrogen and oxygen atoms in total. The van der Waals surface area contributed by atoms with E-state index < -0.39 is 86.0 Å². The molecule has 0 fully saturated rings. The van der Waals surface area contributed by atoms with Crippen LogP contribution in [0.25, 0.3) is 0 Å². The van der Waals surface area contributed by atoms with Crippen molar-refractivity contribution in [1.82, 2.24) is 21.3 Å². The average Bonchev–Trinajstić information content (AvgIpc) is 2.65. The Hall–Kier alpha value is -3.75. The van der Waals surface area contributed by atoms with Gasteiger partial charge < -0.3 is 42.9 Å². The number of nitrogens with one attached hydrogen (secondary N) is 4. The van der Waals surface area contributed by atoms with Crippen molar-refractivity contribution in [2.24, 2.45) is 11.5 Å². The fraction of sp³-hybridized carbons (Fsp3) is 0.533. The highest BCUT2D eigenvalue weighted by Gasteiger charge is 2.25. The van der Waals surface area contributed by atoms with E-state index in [0.29, 0.717) is 0 Å². The normalized spacial score (nSPS) is 12.0. The fourth-order valence-electron chi connectivity index (χ4n) is 2.02. The Kier molecular flexibility index (Phi) is 11.8. The van der Waals surface area contributed by atoms with Gasteiger partial charge in [-0.15, -0.1) is 0 Å². The summed E-state index contributed by atoms with van der Waals surface area (Å²) in [4.78, 5) is 79.6. The Balaban J connectivity index is 4.87. The van der Waals surface area contributed by atoms with Crippen molar-refractivity contribution in [3.05, 3.63) is 0 Å². The van der Waals surface area contributed by atoms with Gasteiger partial charge in [0.05, 0.1) is 19.5 Å². The predicted octanol–water partition coefficient (Wildman–Crippen LogP) is -5.03. The molecule has 0 aromatic carbocycles. The topological polar surface area (TPSA) is 260 Å². The van der Waals surface area contributed by atoms with E-state index in [1.165, 1.54) is 0 Å². The smallest absolute Gasteiger partial charge is 0.322 e. The summed E-state index contributed by atoms with van der Waals surface area (Å²) in [5, 5.41) is 25.7. The highest BCUT2D eigenvalue weighted by Crippen LogP contribution is 1.98. The lowest BCUT2D eigenvalue weighted by Crippen LogP contribution is -2.53. The largest absolute Gasteiger partial charge is 0.481 e. The molecule has 0 radical (unpaired) electrons. The summed E-state index contributed by atoms with van der Waals surface area (Å²) in [7, 11) is 0. The van der Waals surface area contributed by atoms with E-state index in [1.807, 2.05) is 5.32 Å². The lowest BCUT2D eigenvalue weighted by molar-refractivity contribution is -0.139. The number of carboxylic acid groups (broad SMARTS) is 2. The Morgan fingerprint density at radius 1 is 0.767 bits per heavy atom. The van der Waals surface area contributed by atoms with Crippen molar-refractivity contribution in [2.75, 3.05) is 19.6 Å². The molecule has 2 atom stereocenters. The van der Waals surface area contributed by atoms with E-state index in [9.17, 15) is 33.6 Å². The van der Waals surface area contributed by atoms with E-state index >= 15 is 0 Å². The molecule has 0 aliphatic rings. The molecule has 168 valence electrons. The van der Waals surface area contributed by atoms with Crippen LogP contribution < -0.4 is 32.7 Å². The van der Waals surface area contributed by atoms with Gasteiger partial charge in [0.1, 0.15) is 18.6 Å². The van der Waals surface area contributed by atoms with E-state index in [2.05, 4.69) is 16.0 Å². The minimum Gasteiger partial charge on any atom is -0.481 e. The van der Waals surface area contributed by atoms with E-state index in [0.717, 1.165) is 0 Å². The first-order valence-electron chi connectivity index (χ1n) is 8.52. The molecule has 0 spiro atoms. The SMILES string of the molecule is NCC(=O)N[C@@H](CCC(=O)O)C(=O)NCC(=O)N[C@@H](CC(N)=O)C(=O)NCC(=O)O. The Morgan fingerprint density at radius 3 is 1.80 bits per heavy atom. The van der Waals surface area contributed by atoms with Crippen LogP contribution in [0.3, 0.4) is 0 Å². The van der Waals surface area contributed by atoms with E-state index in [-0.39, 0.29) is 6.42 Å². The van der Waals surface area contributed by atoms with Gasteiger partial charge in [-0.2, -0.15) is 0 Å². The van der Waals surface area contributed by atoms with Gasteiger partial charge in [0.2, 0.25) is 29.5 Å². The number of nitrogens with two attached hydrogens (primary N) is 2. The number of primary amides is 1. The minimum atomic E-state index is -1.48. The third-order valence-corrected chi connectivity index (χ3v) is 3.38. The molecule has 0 saturated carbocycles. The van der Waals surface area contributed by atoms with Gasteiger partial charge in [-0.25, -0.2) is 0 Å². The average molecular weight is 432 g/mol. The molecular formula is C15H24N6O9. The molecule has 0 aromatic heterocycles. The second kappa shape index (κ2) is 13.4. The van der Waals surface area contributed by atoms with Gasteiger partial charge in [-0.1, -0.05) is 0 Å². The van der Waals surface area contributed by atoms with Crippen molar-refractivity contribution < 1.29 is 43.8 Å². The quantitative estimate of drug-likeness (QED) is 0.129. The van der Waals surface area contributed by atoms with Gasteiger partial charge in [0, 0.05) is 6.42 Å².